The zero-order valence-corrected chi connectivity index (χ0v) is 12.7. The minimum Gasteiger partial charge on any atom is -0.381 e. The van der Waals surface area contributed by atoms with Gasteiger partial charge in [-0.3, -0.25) is 4.57 Å². The molecule has 0 spiro atoms. The van der Waals surface area contributed by atoms with Crippen LogP contribution in [0.25, 0.3) is 0 Å². The molecule has 0 amide bonds. The first kappa shape index (κ1) is 13.8. The molecule has 1 aromatic heterocycles. The van der Waals surface area contributed by atoms with Gasteiger partial charge in [-0.05, 0) is 18.0 Å². The van der Waals surface area contributed by atoms with Crippen LogP contribution < -0.4 is 0 Å². The number of ether oxygens (including phenoxy) is 1. The molecule has 1 heterocycles. The van der Waals surface area contributed by atoms with Gasteiger partial charge < -0.3 is 4.74 Å². The van der Waals surface area contributed by atoms with E-state index in [-0.39, 0.29) is 16.9 Å². The lowest BCUT2D eigenvalue weighted by molar-refractivity contribution is -0.113. The van der Waals surface area contributed by atoms with Gasteiger partial charge in [0.15, 0.2) is 0 Å². The zero-order valence-electron chi connectivity index (χ0n) is 12.0. The predicted molar refractivity (Wildman–Crippen MR) is 72.0 cm³/mol. The van der Waals surface area contributed by atoms with Crippen molar-refractivity contribution in [1.29, 1.82) is 0 Å². The van der Waals surface area contributed by atoms with Crippen molar-refractivity contribution in [3.63, 3.8) is 0 Å². The maximum atomic E-state index is 6.23. The molecule has 1 aliphatic rings. The summed E-state index contributed by atoms with van der Waals surface area (Å²) in [6.45, 7) is 10.8. The van der Waals surface area contributed by atoms with Crippen molar-refractivity contribution in [3.05, 3.63) is 11.1 Å². The molecular weight excluding hydrogens is 250 g/mol. The average molecular weight is 272 g/mol. The fourth-order valence-electron chi connectivity index (χ4n) is 2.76. The lowest BCUT2D eigenvalue weighted by atomic mass is 9.64. The Bertz CT molecular complexity index is 448. The first-order valence-electron chi connectivity index (χ1n) is 6.33. The molecule has 1 aromatic rings. The van der Waals surface area contributed by atoms with Gasteiger partial charge >= 0.3 is 0 Å². The summed E-state index contributed by atoms with van der Waals surface area (Å²) >= 11 is 6.23. The van der Waals surface area contributed by atoms with E-state index >= 15 is 0 Å². The summed E-state index contributed by atoms with van der Waals surface area (Å²) in [4.78, 5) is 0. The summed E-state index contributed by atoms with van der Waals surface area (Å²) in [5, 5.41) is 8.77. The molecule has 0 saturated heterocycles. The van der Waals surface area contributed by atoms with Crippen LogP contribution in [-0.2, 0) is 10.2 Å². The molecular formula is C13H22ClN3O. The van der Waals surface area contributed by atoms with E-state index in [0.717, 1.165) is 12.2 Å². The van der Waals surface area contributed by atoms with Gasteiger partial charge in [0.1, 0.15) is 5.82 Å². The largest absolute Gasteiger partial charge is 0.381 e. The van der Waals surface area contributed by atoms with Gasteiger partial charge in [0.2, 0.25) is 5.28 Å². The fraction of sp³-hybridized carbons (Fsp3) is 0.846. The van der Waals surface area contributed by atoms with Crippen LogP contribution >= 0.6 is 11.6 Å². The highest BCUT2D eigenvalue weighted by atomic mass is 35.5. The lowest BCUT2D eigenvalue weighted by Gasteiger charge is -2.52. The third-order valence-electron chi connectivity index (χ3n) is 4.05. The van der Waals surface area contributed by atoms with Gasteiger partial charge in [-0.1, -0.05) is 34.6 Å². The molecule has 1 aliphatic carbocycles. The first-order valence-corrected chi connectivity index (χ1v) is 6.71. The van der Waals surface area contributed by atoms with Crippen molar-refractivity contribution in [2.24, 2.45) is 5.41 Å². The molecule has 2 unspecified atom stereocenters. The molecule has 0 aliphatic heterocycles. The number of hydrogen-bond acceptors (Lipinski definition) is 3. The molecule has 0 radical (unpaired) electrons. The van der Waals surface area contributed by atoms with Crippen molar-refractivity contribution in [1.82, 2.24) is 14.8 Å². The molecule has 102 valence electrons. The highest BCUT2D eigenvalue weighted by Gasteiger charge is 2.51. The Kier molecular flexibility index (Phi) is 3.23. The molecule has 4 nitrogen and oxygen atoms in total. The fourth-order valence-corrected chi connectivity index (χ4v) is 3.00. The van der Waals surface area contributed by atoms with Crippen LogP contribution in [0.4, 0.5) is 0 Å². The second-order valence-electron chi connectivity index (χ2n) is 6.71. The summed E-state index contributed by atoms with van der Waals surface area (Å²) in [6.07, 6.45) is 1.23. The number of methoxy groups -OCH3 is 1. The average Bonchev–Trinajstić information content (AvgIpc) is 2.59. The monoisotopic (exact) mass is 271 g/mol. The van der Waals surface area contributed by atoms with E-state index in [0.29, 0.717) is 11.3 Å². The minimum atomic E-state index is -0.0611. The highest BCUT2D eigenvalue weighted by Crippen LogP contribution is 2.52. The van der Waals surface area contributed by atoms with Crippen molar-refractivity contribution in [3.8, 4) is 0 Å². The maximum Gasteiger partial charge on any atom is 0.225 e. The Morgan fingerprint density at radius 3 is 2.39 bits per heavy atom. The van der Waals surface area contributed by atoms with Gasteiger partial charge in [0.25, 0.3) is 0 Å². The van der Waals surface area contributed by atoms with Crippen molar-refractivity contribution >= 4 is 11.6 Å². The van der Waals surface area contributed by atoms with Gasteiger partial charge in [0.05, 0.1) is 6.10 Å². The van der Waals surface area contributed by atoms with E-state index in [1.54, 1.807) is 7.11 Å². The van der Waals surface area contributed by atoms with E-state index in [2.05, 4.69) is 49.4 Å². The standard InChI is InChI=1S/C13H22ClN3O/c1-12(2,3)10-15-16-11(14)17(10)8-7-9(18-6)13(8,4)5/h8-9H,7H2,1-6H3. The Morgan fingerprint density at radius 1 is 1.33 bits per heavy atom. The number of halogens is 1. The third kappa shape index (κ3) is 1.95. The minimum absolute atomic E-state index is 0.0563. The van der Waals surface area contributed by atoms with Crippen LogP contribution in [0.1, 0.15) is 52.9 Å². The second-order valence-corrected chi connectivity index (χ2v) is 7.05. The maximum absolute atomic E-state index is 6.23. The third-order valence-corrected chi connectivity index (χ3v) is 4.30. The Morgan fingerprint density at radius 2 is 1.94 bits per heavy atom. The highest BCUT2D eigenvalue weighted by molar-refractivity contribution is 6.28. The SMILES string of the molecule is COC1CC(n2c(Cl)nnc2C(C)(C)C)C1(C)C. The van der Waals surface area contributed by atoms with E-state index in [1.165, 1.54) is 0 Å². The van der Waals surface area contributed by atoms with Crippen LogP contribution in [0.2, 0.25) is 5.28 Å². The van der Waals surface area contributed by atoms with Crippen LogP contribution in [0.5, 0.6) is 0 Å². The summed E-state index contributed by atoms with van der Waals surface area (Å²) < 4.78 is 7.58. The Labute approximate surface area is 114 Å². The van der Waals surface area contributed by atoms with Gasteiger partial charge in [-0.2, -0.15) is 0 Å². The topological polar surface area (TPSA) is 39.9 Å². The molecule has 2 rings (SSSR count). The molecule has 1 saturated carbocycles. The summed E-state index contributed by atoms with van der Waals surface area (Å²) in [7, 11) is 1.76. The van der Waals surface area contributed by atoms with Crippen molar-refractivity contribution in [2.75, 3.05) is 7.11 Å². The number of rotatable bonds is 2. The smallest absolute Gasteiger partial charge is 0.225 e. The zero-order chi connectivity index (χ0) is 13.7. The Hall–Kier alpha value is -0.610. The quantitative estimate of drug-likeness (QED) is 0.829. The molecule has 0 bridgehead atoms. The lowest BCUT2D eigenvalue weighted by Crippen LogP contribution is -2.51. The molecule has 1 fully saturated rings. The van der Waals surface area contributed by atoms with Crippen molar-refractivity contribution < 1.29 is 4.74 Å². The van der Waals surface area contributed by atoms with E-state index in [9.17, 15) is 0 Å². The molecule has 2 atom stereocenters. The first-order chi connectivity index (χ1) is 8.19. The van der Waals surface area contributed by atoms with Crippen molar-refractivity contribution in [2.45, 2.75) is 58.6 Å². The van der Waals surface area contributed by atoms with E-state index in [1.807, 2.05) is 0 Å². The summed E-state index contributed by atoms with van der Waals surface area (Å²) in [5.74, 6) is 0.945. The number of hydrogen-bond donors (Lipinski definition) is 0. The van der Waals surface area contributed by atoms with Gasteiger partial charge in [-0.15, -0.1) is 10.2 Å². The molecule has 5 heteroatoms. The summed E-state index contributed by atoms with van der Waals surface area (Å²) in [6, 6.07) is 0.305. The second kappa shape index (κ2) is 4.20. The number of nitrogens with zero attached hydrogens (tertiary/aromatic N) is 3. The predicted octanol–water partition coefficient (Wildman–Crippen LogP) is 3.22. The van der Waals surface area contributed by atoms with Crippen LogP contribution in [0.15, 0.2) is 0 Å². The number of aromatic nitrogens is 3. The Balaban J connectivity index is 2.39. The summed E-state index contributed by atoms with van der Waals surface area (Å²) in [5.41, 5.74) is -0.00481. The van der Waals surface area contributed by atoms with Crippen LogP contribution in [0, 0.1) is 5.41 Å². The van der Waals surface area contributed by atoms with Gasteiger partial charge in [0, 0.05) is 24.0 Å². The van der Waals surface area contributed by atoms with E-state index < -0.39 is 0 Å². The normalized spacial score (nSPS) is 27.1. The molecule has 0 aromatic carbocycles. The van der Waals surface area contributed by atoms with Gasteiger partial charge in [-0.25, -0.2) is 0 Å². The molecule has 0 N–H and O–H groups in total. The van der Waals surface area contributed by atoms with Crippen LogP contribution in [0.3, 0.4) is 0 Å². The van der Waals surface area contributed by atoms with Crippen LogP contribution in [-0.4, -0.2) is 28.0 Å². The van der Waals surface area contributed by atoms with E-state index in [4.69, 9.17) is 16.3 Å². The molecule has 18 heavy (non-hydrogen) atoms.